The summed E-state index contributed by atoms with van der Waals surface area (Å²) in [6.07, 6.45) is 2.97. The molecular formula is C14H13ClN4O. The second kappa shape index (κ2) is 5.46. The summed E-state index contributed by atoms with van der Waals surface area (Å²) in [5.74, 6) is 0.822. The topological polar surface area (TPSA) is 58.1 Å². The van der Waals surface area contributed by atoms with Crippen LogP contribution in [0, 0.1) is 0 Å². The molecule has 1 aromatic carbocycles. The molecule has 0 atom stereocenters. The Hall–Kier alpha value is -2.14. The van der Waals surface area contributed by atoms with Crippen LogP contribution >= 0.6 is 11.6 Å². The summed E-state index contributed by atoms with van der Waals surface area (Å²) < 4.78 is 0. The van der Waals surface area contributed by atoms with E-state index in [9.17, 15) is 4.79 Å². The van der Waals surface area contributed by atoms with Gasteiger partial charge in [0.25, 0.3) is 0 Å². The van der Waals surface area contributed by atoms with E-state index in [1.165, 1.54) is 6.33 Å². The first-order valence-electron chi connectivity index (χ1n) is 6.37. The maximum Gasteiger partial charge on any atom is 0.227 e. The Morgan fingerprint density at radius 1 is 1.20 bits per heavy atom. The molecule has 1 fully saturated rings. The van der Waals surface area contributed by atoms with Crippen molar-refractivity contribution in [2.75, 3.05) is 16.8 Å². The standard InChI is InChI=1S/C14H13ClN4O/c15-12-8-13(17-9-16-12)18-10-3-5-11(6-4-10)19-7-1-2-14(19)20/h3-6,8-9H,1-2,7H2,(H,16,17,18). The van der Waals surface area contributed by atoms with E-state index in [2.05, 4.69) is 15.3 Å². The Balaban J connectivity index is 1.74. The smallest absolute Gasteiger partial charge is 0.227 e. The number of hydrogen-bond acceptors (Lipinski definition) is 4. The van der Waals surface area contributed by atoms with Crippen molar-refractivity contribution in [3.05, 3.63) is 41.8 Å². The van der Waals surface area contributed by atoms with E-state index in [0.717, 1.165) is 24.3 Å². The summed E-state index contributed by atoms with van der Waals surface area (Å²) in [6, 6.07) is 9.33. The van der Waals surface area contributed by atoms with E-state index < -0.39 is 0 Å². The van der Waals surface area contributed by atoms with Crippen LogP contribution in [0.5, 0.6) is 0 Å². The predicted octanol–water partition coefficient (Wildman–Crippen LogP) is 3.00. The number of nitrogens with one attached hydrogen (secondary N) is 1. The summed E-state index contributed by atoms with van der Waals surface area (Å²) in [5, 5.41) is 3.53. The molecule has 1 N–H and O–H groups in total. The molecule has 1 saturated heterocycles. The fourth-order valence-electron chi connectivity index (χ4n) is 2.20. The van der Waals surface area contributed by atoms with Gasteiger partial charge in [0.2, 0.25) is 5.91 Å². The van der Waals surface area contributed by atoms with Crippen molar-refractivity contribution in [3.8, 4) is 0 Å². The Bertz CT molecular complexity index is 629. The number of nitrogens with zero attached hydrogens (tertiary/aromatic N) is 3. The van der Waals surface area contributed by atoms with Gasteiger partial charge in [0, 0.05) is 30.4 Å². The average molecular weight is 289 g/mol. The number of aromatic nitrogens is 2. The van der Waals surface area contributed by atoms with Crippen molar-refractivity contribution in [3.63, 3.8) is 0 Å². The lowest BCUT2D eigenvalue weighted by Crippen LogP contribution is -2.23. The lowest BCUT2D eigenvalue weighted by atomic mass is 10.2. The molecule has 5 nitrogen and oxygen atoms in total. The minimum absolute atomic E-state index is 0.188. The van der Waals surface area contributed by atoms with Gasteiger partial charge in [-0.3, -0.25) is 4.79 Å². The molecule has 20 heavy (non-hydrogen) atoms. The molecule has 1 aliphatic rings. The highest BCUT2D eigenvalue weighted by atomic mass is 35.5. The van der Waals surface area contributed by atoms with Crippen LogP contribution in [0.3, 0.4) is 0 Å². The predicted molar refractivity (Wildman–Crippen MR) is 78.4 cm³/mol. The first kappa shape index (κ1) is 12.9. The second-order valence-corrected chi connectivity index (χ2v) is 4.93. The normalized spacial score (nSPS) is 14.7. The number of amides is 1. The first-order valence-corrected chi connectivity index (χ1v) is 6.75. The zero-order valence-corrected chi connectivity index (χ0v) is 11.5. The van der Waals surface area contributed by atoms with E-state index in [-0.39, 0.29) is 5.91 Å². The van der Waals surface area contributed by atoms with Crippen LogP contribution in [0.15, 0.2) is 36.7 Å². The van der Waals surface area contributed by atoms with Gasteiger partial charge in [-0.2, -0.15) is 0 Å². The zero-order valence-electron chi connectivity index (χ0n) is 10.7. The summed E-state index contributed by atoms with van der Waals surface area (Å²) in [6.45, 7) is 0.799. The largest absolute Gasteiger partial charge is 0.340 e. The highest BCUT2D eigenvalue weighted by molar-refractivity contribution is 6.29. The molecule has 0 radical (unpaired) electrons. The molecule has 6 heteroatoms. The second-order valence-electron chi connectivity index (χ2n) is 4.55. The molecule has 0 aliphatic carbocycles. The lowest BCUT2D eigenvalue weighted by Gasteiger charge is -2.16. The molecule has 0 unspecified atom stereocenters. The molecule has 102 valence electrons. The molecule has 0 bridgehead atoms. The third kappa shape index (κ3) is 2.72. The van der Waals surface area contributed by atoms with Crippen LogP contribution in [0.4, 0.5) is 17.2 Å². The van der Waals surface area contributed by atoms with E-state index in [0.29, 0.717) is 17.4 Å². The summed E-state index contributed by atoms with van der Waals surface area (Å²) in [5.41, 5.74) is 1.81. The number of benzene rings is 1. The molecular weight excluding hydrogens is 276 g/mol. The van der Waals surface area contributed by atoms with Crippen molar-refractivity contribution in [1.29, 1.82) is 0 Å². The van der Waals surface area contributed by atoms with Crippen molar-refractivity contribution in [1.82, 2.24) is 9.97 Å². The number of carbonyl (C=O) groups excluding carboxylic acids is 1. The summed E-state index contributed by atoms with van der Waals surface area (Å²) in [7, 11) is 0. The molecule has 1 aromatic heterocycles. The van der Waals surface area contributed by atoms with Crippen molar-refractivity contribution < 1.29 is 4.79 Å². The Morgan fingerprint density at radius 3 is 2.65 bits per heavy atom. The van der Waals surface area contributed by atoms with Crippen LogP contribution in [0.25, 0.3) is 0 Å². The molecule has 3 rings (SSSR count). The molecule has 0 spiro atoms. The fraction of sp³-hybridized carbons (Fsp3) is 0.214. The zero-order chi connectivity index (χ0) is 13.9. The van der Waals surface area contributed by atoms with Gasteiger partial charge in [0.05, 0.1) is 0 Å². The quantitative estimate of drug-likeness (QED) is 0.882. The Morgan fingerprint density at radius 2 is 2.00 bits per heavy atom. The van der Waals surface area contributed by atoms with Crippen molar-refractivity contribution >= 4 is 34.7 Å². The minimum Gasteiger partial charge on any atom is -0.340 e. The van der Waals surface area contributed by atoms with E-state index >= 15 is 0 Å². The van der Waals surface area contributed by atoms with Crippen LogP contribution in [0.1, 0.15) is 12.8 Å². The Labute approximate surface area is 121 Å². The van der Waals surface area contributed by atoms with Gasteiger partial charge in [-0.05, 0) is 30.7 Å². The number of halogens is 1. The lowest BCUT2D eigenvalue weighted by molar-refractivity contribution is -0.117. The highest BCUT2D eigenvalue weighted by Gasteiger charge is 2.21. The average Bonchev–Trinajstić information content (AvgIpc) is 2.86. The van der Waals surface area contributed by atoms with E-state index in [4.69, 9.17) is 11.6 Å². The third-order valence-corrected chi connectivity index (χ3v) is 3.37. The molecule has 1 aliphatic heterocycles. The summed E-state index contributed by atoms with van der Waals surface area (Å²) in [4.78, 5) is 21.4. The molecule has 2 aromatic rings. The van der Waals surface area contributed by atoms with Crippen LogP contribution in [0.2, 0.25) is 5.15 Å². The fourth-order valence-corrected chi connectivity index (χ4v) is 2.34. The SMILES string of the molecule is O=C1CCCN1c1ccc(Nc2cc(Cl)ncn2)cc1. The maximum atomic E-state index is 11.7. The third-order valence-electron chi connectivity index (χ3n) is 3.16. The highest BCUT2D eigenvalue weighted by Crippen LogP contribution is 2.24. The molecule has 1 amide bonds. The van der Waals surface area contributed by atoms with Crippen LogP contribution < -0.4 is 10.2 Å². The van der Waals surface area contributed by atoms with Crippen LogP contribution in [-0.2, 0) is 4.79 Å². The van der Waals surface area contributed by atoms with Gasteiger partial charge in [0.1, 0.15) is 17.3 Å². The molecule has 2 heterocycles. The van der Waals surface area contributed by atoms with Crippen molar-refractivity contribution in [2.45, 2.75) is 12.8 Å². The van der Waals surface area contributed by atoms with Gasteiger partial charge in [0.15, 0.2) is 0 Å². The van der Waals surface area contributed by atoms with Gasteiger partial charge in [-0.1, -0.05) is 11.6 Å². The van der Waals surface area contributed by atoms with Crippen molar-refractivity contribution in [2.24, 2.45) is 0 Å². The minimum atomic E-state index is 0.188. The first-order chi connectivity index (χ1) is 9.72. The number of hydrogen-bond donors (Lipinski definition) is 1. The van der Waals surface area contributed by atoms with E-state index in [1.807, 2.05) is 29.2 Å². The number of anilines is 3. The van der Waals surface area contributed by atoms with Gasteiger partial charge >= 0.3 is 0 Å². The summed E-state index contributed by atoms with van der Waals surface area (Å²) >= 11 is 5.80. The molecule has 0 saturated carbocycles. The van der Waals surface area contributed by atoms with Gasteiger partial charge in [-0.25, -0.2) is 9.97 Å². The number of rotatable bonds is 3. The van der Waals surface area contributed by atoms with Gasteiger partial charge in [-0.15, -0.1) is 0 Å². The Kier molecular flexibility index (Phi) is 3.52. The monoisotopic (exact) mass is 288 g/mol. The van der Waals surface area contributed by atoms with E-state index in [1.54, 1.807) is 6.07 Å². The maximum absolute atomic E-state index is 11.7. The van der Waals surface area contributed by atoms with Gasteiger partial charge < -0.3 is 10.2 Å². The number of carbonyl (C=O) groups is 1. The van der Waals surface area contributed by atoms with Crippen LogP contribution in [-0.4, -0.2) is 22.4 Å².